The Hall–Kier alpha value is -4.19. The first-order valence-electron chi connectivity index (χ1n) is 14.5. The smallest absolute Gasteiger partial charge is 0.356 e. The second kappa shape index (κ2) is 8.73. The predicted octanol–water partition coefficient (Wildman–Crippen LogP) is 3.28. The summed E-state index contributed by atoms with van der Waals surface area (Å²) in [5.74, 6) is -2.51. The number of hydrogen-bond acceptors (Lipinski definition) is 7. The SMILES string of the molecule is [2H]C([2H])([2H])c1nnn(C)c1-c1cnc2c3nn(C([2H])([2H])[2H])c(C(=O)O)c3n(C(c3ncccc3F)C3CCOCC3)c2c1. The van der Waals surface area contributed by atoms with E-state index < -0.39 is 37.4 Å². The summed E-state index contributed by atoms with van der Waals surface area (Å²) in [7, 11) is 1.52. The first-order valence-corrected chi connectivity index (χ1v) is 11.5. The molecular formula is C25H25FN8O3. The van der Waals surface area contributed by atoms with Crippen LogP contribution >= 0.6 is 0 Å². The monoisotopic (exact) mass is 510 g/mol. The Bertz CT molecular complexity index is 1870. The fourth-order valence-electron chi connectivity index (χ4n) is 5.23. The molecule has 0 bridgehead atoms. The van der Waals surface area contributed by atoms with E-state index in [1.165, 1.54) is 40.8 Å². The molecule has 5 aromatic heterocycles. The molecule has 1 fully saturated rings. The first kappa shape index (κ1) is 17.3. The van der Waals surface area contributed by atoms with Crippen LogP contribution in [0.15, 0.2) is 30.6 Å². The summed E-state index contributed by atoms with van der Waals surface area (Å²) in [4.78, 5) is 21.6. The van der Waals surface area contributed by atoms with Crippen LogP contribution in [0.4, 0.5) is 4.39 Å². The van der Waals surface area contributed by atoms with Crippen molar-refractivity contribution in [2.75, 3.05) is 13.2 Å². The van der Waals surface area contributed by atoms with Gasteiger partial charge in [0.05, 0.1) is 28.6 Å². The zero-order chi connectivity index (χ0) is 30.8. The zero-order valence-electron chi connectivity index (χ0n) is 25.6. The van der Waals surface area contributed by atoms with Gasteiger partial charge in [-0.15, -0.1) is 5.10 Å². The van der Waals surface area contributed by atoms with Crippen molar-refractivity contribution in [1.82, 2.24) is 39.3 Å². The van der Waals surface area contributed by atoms with E-state index in [1.54, 1.807) is 6.07 Å². The Morgan fingerprint density at radius 1 is 1.27 bits per heavy atom. The molecule has 12 heteroatoms. The number of aromatic nitrogens is 8. The van der Waals surface area contributed by atoms with Gasteiger partial charge in [0.15, 0.2) is 5.69 Å². The molecule has 1 aliphatic rings. The number of ether oxygens (including phenoxy) is 1. The number of carboxylic acids is 1. The van der Waals surface area contributed by atoms with E-state index in [1.807, 2.05) is 0 Å². The molecule has 6 heterocycles. The van der Waals surface area contributed by atoms with Gasteiger partial charge in [-0.25, -0.2) is 13.9 Å². The molecule has 5 aromatic rings. The molecule has 1 aliphatic heterocycles. The Morgan fingerprint density at radius 2 is 2.11 bits per heavy atom. The Morgan fingerprint density at radius 3 is 2.84 bits per heavy atom. The minimum atomic E-state index is -2.96. The maximum absolute atomic E-state index is 15.5. The third kappa shape index (κ3) is 3.58. The Balaban J connectivity index is 1.76. The number of pyridine rings is 2. The van der Waals surface area contributed by atoms with Gasteiger partial charge in [-0.2, -0.15) is 5.10 Å². The number of hydrogen-bond donors (Lipinski definition) is 1. The average molecular weight is 511 g/mol. The maximum Gasteiger partial charge on any atom is 0.356 e. The van der Waals surface area contributed by atoms with E-state index in [9.17, 15) is 9.90 Å². The summed E-state index contributed by atoms with van der Waals surface area (Å²) in [6, 6.07) is 3.33. The number of carbonyl (C=O) groups is 1. The van der Waals surface area contributed by atoms with Crippen molar-refractivity contribution in [3.63, 3.8) is 0 Å². The van der Waals surface area contributed by atoms with Crippen LogP contribution < -0.4 is 0 Å². The highest BCUT2D eigenvalue weighted by Gasteiger charge is 2.36. The third-order valence-corrected chi connectivity index (χ3v) is 6.81. The molecule has 0 aliphatic carbocycles. The fourth-order valence-corrected chi connectivity index (χ4v) is 5.23. The lowest BCUT2D eigenvalue weighted by Crippen LogP contribution is -2.28. The summed E-state index contributed by atoms with van der Waals surface area (Å²) in [5, 5.41) is 22.2. The molecule has 0 saturated carbocycles. The number of aromatic carboxylic acids is 1. The number of fused-ring (bicyclic) bond motifs is 3. The molecule has 1 N–H and O–H groups in total. The quantitative estimate of drug-likeness (QED) is 0.382. The molecular weight excluding hydrogens is 479 g/mol. The van der Waals surface area contributed by atoms with Gasteiger partial charge in [-0.3, -0.25) is 14.6 Å². The lowest BCUT2D eigenvalue weighted by molar-refractivity contribution is 0.0541. The molecule has 0 radical (unpaired) electrons. The van der Waals surface area contributed by atoms with Crippen LogP contribution in [0, 0.1) is 18.6 Å². The van der Waals surface area contributed by atoms with Crippen LogP contribution in [-0.4, -0.2) is 63.6 Å². The second-order valence-corrected chi connectivity index (χ2v) is 8.90. The molecule has 190 valence electrons. The van der Waals surface area contributed by atoms with E-state index in [-0.39, 0.29) is 45.1 Å². The van der Waals surface area contributed by atoms with Gasteiger partial charge in [-0.1, -0.05) is 5.21 Å². The van der Waals surface area contributed by atoms with E-state index in [4.69, 9.17) is 13.0 Å². The number of nitrogens with zero attached hydrogens (tertiary/aromatic N) is 8. The van der Waals surface area contributed by atoms with Crippen LogP contribution in [0.1, 0.15) is 49.0 Å². The van der Waals surface area contributed by atoms with Gasteiger partial charge in [0.2, 0.25) is 0 Å². The minimum Gasteiger partial charge on any atom is -0.476 e. The standard InChI is InChI=1S/C25H25FN8O3/c1-13-21(33(3)31-29-13)15-11-17-19(28-12-15)20-23(24(25(35)36)32(2)30-20)34(17)22(14-6-9-37-10-7-14)18-16(26)5-4-8-27-18/h4-5,8,11-12,14,22H,6-7,9-10H2,1-3H3,(H,35,36)/i1D3,2D3. The van der Waals surface area contributed by atoms with Crippen molar-refractivity contribution in [3.05, 3.63) is 53.5 Å². The topological polar surface area (TPSA) is 126 Å². The molecule has 1 saturated heterocycles. The minimum absolute atomic E-state index is 0.0157. The van der Waals surface area contributed by atoms with Crippen molar-refractivity contribution >= 4 is 28.0 Å². The second-order valence-electron chi connectivity index (χ2n) is 8.90. The highest BCUT2D eigenvalue weighted by Crippen LogP contribution is 2.42. The third-order valence-electron chi connectivity index (χ3n) is 6.81. The van der Waals surface area contributed by atoms with Crippen LogP contribution in [0.3, 0.4) is 0 Å². The van der Waals surface area contributed by atoms with E-state index in [0.717, 1.165) is 0 Å². The molecule has 0 aromatic carbocycles. The highest BCUT2D eigenvalue weighted by molar-refractivity contribution is 6.11. The molecule has 1 atom stereocenters. The van der Waals surface area contributed by atoms with Gasteiger partial charge in [0.1, 0.15) is 22.4 Å². The molecule has 37 heavy (non-hydrogen) atoms. The number of rotatable bonds is 5. The molecule has 1 unspecified atom stereocenters. The van der Waals surface area contributed by atoms with Crippen molar-refractivity contribution in [3.8, 4) is 11.3 Å². The largest absolute Gasteiger partial charge is 0.476 e. The molecule has 0 spiro atoms. The van der Waals surface area contributed by atoms with Gasteiger partial charge >= 0.3 is 5.97 Å². The summed E-state index contributed by atoms with van der Waals surface area (Å²) in [6.07, 6.45) is 3.73. The predicted molar refractivity (Wildman–Crippen MR) is 132 cm³/mol. The van der Waals surface area contributed by atoms with Gasteiger partial charge in [0, 0.05) is 53.4 Å². The lowest BCUT2D eigenvalue weighted by atomic mass is 9.88. The van der Waals surface area contributed by atoms with Crippen LogP contribution in [0.2, 0.25) is 0 Å². The molecule has 0 amide bonds. The van der Waals surface area contributed by atoms with Gasteiger partial charge in [0.25, 0.3) is 0 Å². The molecule has 11 nitrogen and oxygen atoms in total. The lowest BCUT2D eigenvalue weighted by Gasteiger charge is -2.32. The van der Waals surface area contributed by atoms with Crippen LogP contribution in [0.5, 0.6) is 0 Å². The molecule has 6 rings (SSSR count). The van der Waals surface area contributed by atoms with E-state index in [0.29, 0.717) is 36.3 Å². The summed E-state index contributed by atoms with van der Waals surface area (Å²) in [5.41, 5.74) is -0.132. The van der Waals surface area contributed by atoms with Gasteiger partial charge in [-0.05, 0) is 43.8 Å². The van der Waals surface area contributed by atoms with Crippen LogP contribution in [0.25, 0.3) is 33.3 Å². The van der Waals surface area contributed by atoms with E-state index in [2.05, 4.69) is 25.4 Å². The summed E-state index contributed by atoms with van der Waals surface area (Å²) in [6.45, 7) is -4.83. The summed E-state index contributed by atoms with van der Waals surface area (Å²) >= 11 is 0. The highest BCUT2D eigenvalue weighted by atomic mass is 19.1. The van der Waals surface area contributed by atoms with Crippen molar-refractivity contribution in [2.45, 2.75) is 25.7 Å². The Labute approximate surface area is 218 Å². The average Bonchev–Trinajstić information content (AvgIpc) is 3.61. The zero-order valence-corrected chi connectivity index (χ0v) is 19.6. The van der Waals surface area contributed by atoms with E-state index >= 15 is 4.39 Å². The fraction of sp³-hybridized carbons (Fsp3) is 0.360. The van der Waals surface area contributed by atoms with Crippen molar-refractivity contribution in [2.24, 2.45) is 19.9 Å². The summed E-state index contributed by atoms with van der Waals surface area (Å²) < 4.78 is 72.1. The Kier molecular flexibility index (Phi) is 4.08. The maximum atomic E-state index is 15.5. The van der Waals surface area contributed by atoms with Crippen molar-refractivity contribution < 1.29 is 27.3 Å². The number of carboxylic acid groups (broad SMARTS) is 1. The van der Waals surface area contributed by atoms with Crippen LogP contribution in [-0.2, 0) is 18.8 Å². The number of halogens is 1. The normalized spacial score (nSPS) is 18.6. The first-order chi connectivity index (χ1) is 20.3. The van der Waals surface area contributed by atoms with Gasteiger partial charge < -0.3 is 14.4 Å². The number of aryl methyl sites for hydroxylation is 3. The van der Waals surface area contributed by atoms with Crippen molar-refractivity contribution in [1.29, 1.82) is 0 Å².